The fourth-order valence-electron chi connectivity index (χ4n) is 2.42. The summed E-state index contributed by atoms with van der Waals surface area (Å²) in [5.41, 5.74) is 1.72. The molecule has 2 rings (SSSR count). The van der Waals surface area contributed by atoms with Crippen molar-refractivity contribution in [3.8, 4) is 0 Å². The SMILES string of the molecule is COC(=O)c1ccc(N2CCC(C)CC2)c(N=C=O)c1. The van der Waals surface area contributed by atoms with Crippen molar-refractivity contribution in [2.45, 2.75) is 19.8 Å². The van der Waals surface area contributed by atoms with Crippen LogP contribution in [-0.4, -0.2) is 32.2 Å². The number of anilines is 1. The number of carbonyl (C=O) groups is 1. The molecule has 1 aromatic carbocycles. The number of ether oxygens (including phenoxy) is 1. The molecule has 5 nitrogen and oxygen atoms in total. The number of isocyanates is 1. The van der Waals surface area contributed by atoms with Gasteiger partial charge in [0.15, 0.2) is 0 Å². The molecule has 0 bridgehead atoms. The van der Waals surface area contributed by atoms with Gasteiger partial charge in [0, 0.05) is 13.1 Å². The van der Waals surface area contributed by atoms with E-state index in [4.69, 9.17) is 0 Å². The van der Waals surface area contributed by atoms with Crippen LogP contribution >= 0.6 is 0 Å². The Morgan fingerprint density at radius 1 is 1.40 bits per heavy atom. The minimum absolute atomic E-state index is 0.385. The van der Waals surface area contributed by atoms with Gasteiger partial charge in [-0.25, -0.2) is 9.59 Å². The normalized spacial score (nSPS) is 15.6. The van der Waals surface area contributed by atoms with Crippen LogP contribution in [0.2, 0.25) is 0 Å². The monoisotopic (exact) mass is 274 g/mol. The van der Waals surface area contributed by atoms with Crippen LogP contribution in [0.4, 0.5) is 11.4 Å². The van der Waals surface area contributed by atoms with Crippen molar-refractivity contribution in [2.24, 2.45) is 10.9 Å². The first-order chi connectivity index (χ1) is 9.65. The average molecular weight is 274 g/mol. The molecule has 0 unspecified atom stereocenters. The predicted molar refractivity (Wildman–Crippen MR) is 76.2 cm³/mol. The summed E-state index contributed by atoms with van der Waals surface area (Å²) in [5.74, 6) is 0.282. The van der Waals surface area contributed by atoms with E-state index in [2.05, 4.69) is 21.6 Å². The van der Waals surface area contributed by atoms with Crippen molar-refractivity contribution in [1.82, 2.24) is 0 Å². The molecule has 0 spiro atoms. The third-order valence-electron chi connectivity index (χ3n) is 3.69. The molecule has 0 aliphatic carbocycles. The van der Waals surface area contributed by atoms with Crippen LogP contribution in [0.1, 0.15) is 30.1 Å². The third-order valence-corrected chi connectivity index (χ3v) is 3.69. The van der Waals surface area contributed by atoms with Crippen LogP contribution in [0.25, 0.3) is 0 Å². The van der Waals surface area contributed by atoms with Crippen LogP contribution in [0.5, 0.6) is 0 Å². The van der Waals surface area contributed by atoms with Gasteiger partial charge >= 0.3 is 5.97 Å². The summed E-state index contributed by atoms with van der Waals surface area (Å²) in [5, 5.41) is 0. The first-order valence-electron chi connectivity index (χ1n) is 6.71. The standard InChI is InChI=1S/C15H18N2O3/c1-11-5-7-17(8-6-11)14-4-3-12(15(19)20-2)9-13(14)16-10-18/h3-4,9,11H,5-8H2,1-2H3. The summed E-state index contributed by atoms with van der Waals surface area (Å²) in [7, 11) is 1.32. The Morgan fingerprint density at radius 2 is 2.10 bits per heavy atom. The topological polar surface area (TPSA) is 59.0 Å². The maximum Gasteiger partial charge on any atom is 0.337 e. The number of carbonyl (C=O) groups excluding carboxylic acids is 2. The zero-order valence-electron chi connectivity index (χ0n) is 11.8. The first-order valence-corrected chi connectivity index (χ1v) is 6.71. The quantitative estimate of drug-likeness (QED) is 0.483. The minimum Gasteiger partial charge on any atom is -0.465 e. The van der Waals surface area contributed by atoms with Crippen molar-refractivity contribution in [3.05, 3.63) is 23.8 Å². The lowest BCUT2D eigenvalue weighted by Gasteiger charge is -2.32. The fraction of sp³-hybridized carbons (Fsp3) is 0.467. The van der Waals surface area contributed by atoms with Gasteiger partial charge in [-0.05, 0) is 37.0 Å². The van der Waals surface area contributed by atoms with Gasteiger partial charge in [-0.15, -0.1) is 0 Å². The van der Waals surface area contributed by atoms with Crippen molar-refractivity contribution < 1.29 is 14.3 Å². The van der Waals surface area contributed by atoms with Crippen molar-refractivity contribution in [3.63, 3.8) is 0 Å². The summed E-state index contributed by atoms with van der Waals surface area (Å²) < 4.78 is 4.68. The molecular weight excluding hydrogens is 256 g/mol. The van der Waals surface area contributed by atoms with Crippen LogP contribution in [0, 0.1) is 5.92 Å². The Balaban J connectivity index is 2.32. The zero-order valence-corrected chi connectivity index (χ0v) is 11.8. The van der Waals surface area contributed by atoms with Gasteiger partial charge < -0.3 is 9.64 Å². The second-order valence-corrected chi connectivity index (χ2v) is 5.07. The van der Waals surface area contributed by atoms with E-state index in [1.54, 1.807) is 18.2 Å². The molecule has 20 heavy (non-hydrogen) atoms. The summed E-state index contributed by atoms with van der Waals surface area (Å²) in [6.07, 6.45) is 3.78. The van der Waals surface area contributed by atoms with Crippen molar-refractivity contribution in [2.75, 3.05) is 25.1 Å². The van der Waals surface area contributed by atoms with Gasteiger partial charge in [0.05, 0.1) is 18.4 Å². The highest BCUT2D eigenvalue weighted by molar-refractivity contribution is 5.92. The largest absolute Gasteiger partial charge is 0.465 e. The number of benzene rings is 1. The number of methoxy groups -OCH3 is 1. The van der Waals surface area contributed by atoms with Crippen LogP contribution in [-0.2, 0) is 9.53 Å². The molecule has 106 valence electrons. The molecular formula is C15H18N2O3. The van der Waals surface area contributed by atoms with E-state index < -0.39 is 5.97 Å². The summed E-state index contributed by atoms with van der Waals surface area (Å²) in [4.78, 5) is 28.0. The Morgan fingerprint density at radius 3 is 2.70 bits per heavy atom. The first kappa shape index (κ1) is 14.3. The molecule has 0 aromatic heterocycles. The molecule has 1 fully saturated rings. The van der Waals surface area contributed by atoms with Gasteiger partial charge in [0.25, 0.3) is 0 Å². The van der Waals surface area contributed by atoms with Crippen molar-refractivity contribution >= 4 is 23.4 Å². The Labute approximate surface area is 118 Å². The average Bonchev–Trinajstić information content (AvgIpc) is 2.48. The molecule has 1 aromatic rings. The van der Waals surface area contributed by atoms with Gasteiger partial charge in [-0.3, -0.25) is 0 Å². The number of hydrogen-bond acceptors (Lipinski definition) is 5. The summed E-state index contributed by atoms with van der Waals surface area (Å²) in [6, 6.07) is 5.09. The zero-order chi connectivity index (χ0) is 14.5. The molecule has 5 heteroatoms. The highest BCUT2D eigenvalue weighted by Crippen LogP contribution is 2.32. The maximum absolute atomic E-state index is 11.5. The highest BCUT2D eigenvalue weighted by atomic mass is 16.5. The lowest BCUT2D eigenvalue weighted by molar-refractivity contribution is 0.0601. The Hall–Kier alpha value is -2.13. The van der Waals surface area contributed by atoms with Gasteiger partial charge in [-0.1, -0.05) is 6.92 Å². The lowest BCUT2D eigenvalue weighted by atomic mass is 9.98. The fourth-order valence-corrected chi connectivity index (χ4v) is 2.42. The second kappa shape index (κ2) is 6.35. The van der Waals surface area contributed by atoms with E-state index in [0.29, 0.717) is 11.3 Å². The smallest absolute Gasteiger partial charge is 0.337 e. The number of esters is 1. The number of aliphatic imine (C=N–C) groups is 1. The second-order valence-electron chi connectivity index (χ2n) is 5.07. The van der Waals surface area contributed by atoms with Gasteiger partial charge in [-0.2, -0.15) is 4.99 Å². The molecule has 0 saturated carbocycles. The maximum atomic E-state index is 11.5. The van der Waals surface area contributed by atoms with Gasteiger partial charge in [0.2, 0.25) is 6.08 Å². The molecule has 1 heterocycles. The lowest BCUT2D eigenvalue weighted by Crippen LogP contribution is -2.32. The number of rotatable bonds is 3. The van der Waals surface area contributed by atoms with E-state index in [-0.39, 0.29) is 0 Å². The minimum atomic E-state index is -0.439. The van der Waals surface area contributed by atoms with Crippen LogP contribution in [0.3, 0.4) is 0 Å². The molecule has 1 aliphatic rings. The van der Waals surface area contributed by atoms with E-state index in [9.17, 15) is 9.59 Å². The summed E-state index contributed by atoms with van der Waals surface area (Å²) >= 11 is 0. The molecule has 0 atom stereocenters. The Kier molecular flexibility index (Phi) is 4.53. The third kappa shape index (κ3) is 3.06. The molecule has 1 aliphatic heterocycles. The van der Waals surface area contributed by atoms with E-state index in [1.807, 2.05) is 6.07 Å². The molecule has 1 saturated heterocycles. The highest BCUT2D eigenvalue weighted by Gasteiger charge is 2.19. The van der Waals surface area contributed by atoms with E-state index in [0.717, 1.165) is 37.5 Å². The predicted octanol–water partition coefficient (Wildman–Crippen LogP) is 2.68. The number of piperidine rings is 1. The molecule has 0 N–H and O–H groups in total. The Bertz CT molecular complexity index is 542. The summed E-state index contributed by atoms with van der Waals surface area (Å²) in [6.45, 7) is 4.10. The van der Waals surface area contributed by atoms with Gasteiger partial charge in [0.1, 0.15) is 5.69 Å². The van der Waals surface area contributed by atoms with Crippen LogP contribution in [0.15, 0.2) is 23.2 Å². The number of nitrogens with zero attached hydrogens (tertiary/aromatic N) is 2. The van der Waals surface area contributed by atoms with E-state index >= 15 is 0 Å². The molecule has 0 radical (unpaired) electrons. The van der Waals surface area contributed by atoms with Crippen molar-refractivity contribution in [1.29, 1.82) is 0 Å². The van der Waals surface area contributed by atoms with E-state index in [1.165, 1.54) is 7.11 Å². The van der Waals surface area contributed by atoms with Crippen LogP contribution < -0.4 is 4.90 Å². The number of hydrogen-bond donors (Lipinski definition) is 0. The molecule has 0 amide bonds.